The predicted molar refractivity (Wildman–Crippen MR) is 69.9 cm³/mol. The molecule has 0 radical (unpaired) electrons. The van der Waals surface area contributed by atoms with E-state index < -0.39 is 5.97 Å². The lowest BCUT2D eigenvalue weighted by Crippen LogP contribution is -2.04. The van der Waals surface area contributed by atoms with E-state index in [0.717, 1.165) is 0 Å². The molecule has 0 aliphatic rings. The van der Waals surface area contributed by atoms with E-state index in [-0.39, 0.29) is 11.6 Å². The Morgan fingerprint density at radius 3 is 2.63 bits per heavy atom. The average Bonchev–Trinajstić information content (AvgIpc) is 2.43. The van der Waals surface area contributed by atoms with Gasteiger partial charge in [-0.2, -0.15) is 0 Å². The molecule has 7 heteroatoms. The van der Waals surface area contributed by atoms with Crippen molar-refractivity contribution in [2.45, 2.75) is 0 Å². The zero-order valence-electron chi connectivity index (χ0n) is 9.76. The fourth-order valence-corrected chi connectivity index (χ4v) is 1.57. The molecular weight excluding hydrogens is 291 g/mol. The van der Waals surface area contributed by atoms with Crippen molar-refractivity contribution < 1.29 is 14.3 Å². The number of hydrogen-bond acceptors (Lipinski definition) is 5. The Kier molecular flexibility index (Phi) is 4.19. The second kappa shape index (κ2) is 5.86. The summed E-state index contributed by atoms with van der Waals surface area (Å²) in [6.45, 7) is 0. The number of aromatic nitrogens is 2. The Hall–Kier alpha value is -1.85. The first kappa shape index (κ1) is 13.6. The summed E-state index contributed by atoms with van der Waals surface area (Å²) in [6.07, 6.45) is 2.54. The van der Waals surface area contributed by atoms with Crippen molar-refractivity contribution in [2.75, 3.05) is 7.11 Å². The maximum Gasteiger partial charge on any atom is 0.358 e. The van der Waals surface area contributed by atoms with Crippen LogP contribution < -0.4 is 4.74 Å². The first-order valence-corrected chi connectivity index (χ1v) is 5.89. The maximum absolute atomic E-state index is 11.2. The quantitative estimate of drug-likeness (QED) is 0.813. The van der Waals surface area contributed by atoms with Gasteiger partial charge in [0.15, 0.2) is 5.69 Å². The molecule has 1 aromatic carbocycles. The second-order valence-corrected chi connectivity index (χ2v) is 4.25. The van der Waals surface area contributed by atoms with Crippen LogP contribution >= 0.6 is 23.2 Å². The molecule has 0 unspecified atom stereocenters. The summed E-state index contributed by atoms with van der Waals surface area (Å²) >= 11 is 11.8. The number of hydrogen-bond donors (Lipinski definition) is 0. The second-order valence-electron chi connectivity index (χ2n) is 3.41. The van der Waals surface area contributed by atoms with Crippen molar-refractivity contribution >= 4 is 29.2 Å². The van der Waals surface area contributed by atoms with E-state index >= 15 is 0 Å². The van der Waals surface area contributed by atoms with Crippen molar-refractivity contribution in [2.24, 2.45) is 0 Å². The SMILES string of the molecule is COC(=O)c1cnc(Oc2cc(Cl)ccc2Cl)cn1. The van der Waals surface area contributed by atoms with E-state index in [0.29, 0.717) is 15.8 Å². The largest absolute Gasteiger partial charge is 0.464 e. The molecule has 1 heterocycles. The summed E-state index contributed by atoms with van der Waals surface area (Å²) in [7, 11) is 1.26. The summed E-state index contributed by atoms with van der Waals surface area (Å²) in [6, 6.07) is 4.80. The minimum atomic E-state index is -0.570. The van der Waals surface area contributed by atoms with Crippen molar-refractivity contribution in [1.82, 2.24) is 9.97 Å². The highest BCUT2D eigenvalue weighted by Crippen LogP contribution is 2.30. The number of carbonyl (C=O) groups is 1. The molecule has 98 valence electrons. The molecule has 0 aliphatic heterocycles. The molecule has 2 aromatic rings. The fourth-order valence-electron chi connectivity index (χ4n) is 1.25. The Morgan fingerprint density at radius 2 is 2.00 bits per heavy atom. The molecule has 0 saturated carbocycles. The van der Waals surface area contributed by atoms with Crippen molar-refractivity contribution in [1.29, 1.82) is 0 Å². The molecule has 2 rings (SSSR count). The van der Waals surface area contributed by atoms with Crippen molar-refractivity contribution in [3.63, 3.8) is 0 Å². The summed E-state index contributed by atoms with van der Waals surface area (Å²) in [5, 5.41) is 0.877. The van der Waals surface area contributed by atoms with E-state index in [1.807, 2.05) is 0 Å². The molecule has 0 amide bonds. The number of halogens is 2. The number of ether oxygens (including phenoxy) is 2. The highest BCUT2D eigenvalue weighted by molar-refractivity contribution is 6.34. The van der Waals surface area contributed by atoms with Crippen LogP contribution in [0.5, 0.6) is 11.6 Å². The highest BCUT2D eigenvalue weighted by Gasteiger charge is 2.09. The van der Waals surface area contributed by atoms with Crippen LogP contribution in [-0.4, -0.2) is 23.0 Å². The molecule has 0 aliphatic carbocycles. The van der Waals surface area contributed by atoms with E-state index in [1.54, 1.807) is 18.2 Å². The zero-order valence-corrected chi connectivity index (χ0v) is 11.3. The van der Waals surface area contributed by atoms with E-state index in [9.17, 15) is 4.79 Å². The van der Waals surface area contributed by atoms with E-state index in [2.05, 4.69) is 14.7 Å². The molecule has 19 heavy (non-hydrogen) atoms. The van der Waals surface area contributed by atoms with Gasteiger partial charge in [0.25, 0.3) is 0 Å². The predicted octanol–water partition coefficient (Wildman–Crippen LogP) is 3.36. The summed E-state index contributed by atoms with van der Waals surface area (Å²) < 4.78 is 9.92. The molecule has 0 saturated heterocycles. The Bertz CT molecular complexity index is 602. The molecular formula is C12H8Cl2N2O3. The van der Waals surface area contributed by atoms with Gasteiger partial charge in [0.1, 0.15) is 5.75 Å². The standard InChI is InChI=1S/C12H8Cl2N2O3/c1-18-12(17)9-5-16-11(6-15-9)19-10-4-7(13)2-3-8(10)14/h2-6H,1H3. The number of carbonyl (C=O) groups excluding carboxylic acids is 1. The third-order valence-corrected chi connectivity index (χ3v) is 2.68. The van der Waals surface area contributed by atoms with Crippen LogP contribution in [0, 0.1) is 0 Å². The van der Waals surface area contributed by atoms with Crippen molar-refractivity contribution in [3.05, 3.63) is 46.3 Å². The molecule has 0 spiro atoms. The van der Waals surface area contributed by atoms with Crippen LogP contribution in [0.4, 0.5) is 0 Å². The summed E-state index contributed by atoms with van der Waals surface area (Å²) in [5.74, 6) is -0.0223. The number of esters is 1. The topological polar surface area (TPSA) is 61.3 Å². The molecule has 0 bridgehead atoms. The molecule has 5 nitrogen and oxygen atoms in total. The van der Waals surface area contributed by atoms with Crippen molar-refractivity contribution in [3.8, 4) is 11.6 Å². The van der Waals surface area contributed by atoms with Gasteiger partial charge in [0.2, 0.25) is 5.88 Å². The smallest absolute Gasteiger partial charge is 0.358 e. The van der Waals surface area contributed by atoms with E-state index in [4.69, 9.17) is 27.9 Å². The number of rotatable bonds is 3. The summed E-state index contributed by atoms with van der Waals surface area (Å²) in [4.78, 5) is 19.0. The minimum Gasteiger partial charge on any atom is -0.464 e. The number of nitrogens with zero attached hydrogens (tertiary/aromatic N) is 2. The fraction of sp³-hybridized carbons (Fsp3) is 0.0833. The Balaban J connectivity index is 2.19. The minimum absolute atomic E-state index is 0.0899. The van der Waals surface area contributed by atoms with Gasteiger partial charge in [-0.05, 0) is 12.1 Å². The Labute approximate surface area is 119 Å². The molecule has 0 N–H and O–H groups in total. The number of methoxy groups -OCH3 is 1. The van der Waals surface area contributed by atoms with Crippen LogP contribution in [0.2, 0.25) is 10.0 Å². The van der Waals surface area contributed by atoms with Gasteiger partial charge in [-0.3, -0.25) is 0 Å². The van der Waals surface area contributed by atoms with Crippen LogP contribution in [0.3, 0.4) is 0 Å². The average molecular weight is 299 g/mol. The number of benzene rings is 1. The lowest BCUT2D eigenvalue weighted by atomic mass is 10.3. The van der Waals surface area contributed by atoms with Gasteiger partial charge in [0.05, 0.1) is 24.5 Å². The molecule has 0 atom stereocenters. The van der Waals surface area contributed by atoms with Gasteiger partial charge in [-0.1, -0.05) is 23.2 Å². The lowest BCUT2D eigenvalue weighted by molar-refractivity contribution is 0.0593. The zero-order chi connectivity index (χ0) is 13.8. The van der Waals surface area contributed by atoms with Gasteiger partial charge in [-0.25, -0.2) is 14.8 Å². The first-order chi connectivity index (χ1) is 9.10. The van der Waals surface area contributed by atoms with Crippen LogP contribution in [-0.2, 0) is 4.74 Å². The van der Waals surface area contributed by atoms with Crippen LogP contribution in [0.15, 0.2) is 30.6 Å². The van der Waals surface area contributed by atoms with Gasteiger partial charge in [-0.15, -0.1) is 0 Å². The normalized spacial score (nSPS) is 10.1. The monoisotopic (exact) mass is 298 g/mol. The van der Waals surface area contributed by atoms with Crippen LogP contribution in [0.1, 0.15) is 10.5 Å². The van der Waals surface area contributed by atoms with Gasteiger partial charge < -0.3 is 9.47 Å². The molecule has 1 aromatic heterocycles. The van der Waals surface area contributed by atoms with E-state index in [1.165, 1.54) is 19.5 Å². The third-order valence-electron chi connectivity index (χ3n) is 2.13. The van der Waals surface area contributed by atoms with Gasteiger partial charge >= 0.3 is 5.97 Å². The third kappa shape index (κ3) is 3.33. The summed E-state index contributed by atoms with van der Waals surface area (Å²) in [5.41, 5.74) is 0.0899. The van der Waals surface area contributed by atoms with Gasteiger partial charge in [0, 0.05) is 11.1 Å². The maximum atomic E-state index is 11.2. The highest BCUT2D eigenvalue weighted by atomic mass is 35.5. The molecule has 0 fully saturated rings. The first-order valence-electron chi connectivity index (χ1n) is 5.13. The van der Waals surface area contributed by atoms with Crippen LogP contribution in [0.25, 0.3) is 0 Å². The lowest BCUT2D eigenvalue weighted by Gasteiger charge is -2.06. The Morgan fingerprint density at radius 1 is 1.21 bits per heavy atom.